The Balaban J connectivity index is 2.91. The highest BCUT2D eigenvalue weighted by Gasteiger charge is 2.07. The molecular weight excluding hydrogens is 218 g/mol. The van der Waals surface area contributed by atoms with E-state index in [9.17, 15) is 4.39 Å². The first-order valence-electron chi connectivity index (χ1n) is 5.40. The third-order valence-corrected chi connectivity index (χ3v) is 2.55. The van der Waals surface area contributed by atoms with Crippen LogP contribution in [0.4, 0.5) is 4.39 Å². The van der Waals surface area contributed by atoms with Crippen molar-refractivity contribution in [2.75, 3.05) is 0 Å². The topological polar surface area (TPSA) is 48.1 Å². The first kappa shape index (κ1) is 13.5. The second-order valence-electron chi connectivity index (χ2n) is 4.10. The summed E-state index contributed by atoms with van der Waals surface area (Å²) in [6.07, 6.45) is -0.442. The van der Waals surface area contributed by atoms with Crippen LogP contribution in [0.15, 0.2) is 23.9 Å². The van der Waals surface area contributed by atoms with E-state index >= 15 is 0 Å². The largest absolute Gasteiger partial charge is 0.468 e. The number of hydrogen-bond acceptors (Lipinski definition) is 3. The number of pyridine rings is 1. The zero-order chi connectivity index (χ0) is 13.0. The smallest absolute Gasteiger partial charge is 0.188 e. The lowest BCUT2D eigenvalue weighted by atomic mass is 10.0. The van der Waals surface area contributed by atoms with Crippen molar-refractivity contribution >= 4 is 13.5 Å². The Morgan fingerprint density at radius 2 is 2.12 bits per heavy atom. The van der Waals surface area contributed by atoms with E-state index in [1.807, 2.05) is 6.92 Å². The Morgan fingerprint density at radius 3 is 2.53 bits per heavy atom. The Hall–Kier alpha value is -1.52. The molecule has 17 heavy (non-hydrogen) atoms. The van der Waals surface area contributed by atoms with Gasteiger partial charge in [0.2, 0.25) is 0 Å². The number of halogens is 1. The predicted octanol–water partition coefficient (Wildman–Crippen LogP) is 2.23. The van der Waals surface area contributed by atoms with Crippen LogP contribution in [0.1, 0.15) is 26.5 Å². The van der Waals surface area contributed by atoms with Crippen molar-refractivity contribution in [1.29, 1.82) is 0 Å². The van der Waals surface area contributed by atoms with E-state index in [4.69, 9.17) is 13.6 Å². The van der Waals surface area contributed by atoms with Crippen molar-refractivity contribution < 1.29 is 9.13 Å². The van der Waals surface area contributed by atoms with Gasteiger partial charge in [0.15, 0.2) is 14.1 Å². The number of nitrogens with zero attached hydrogens (tertiary/aromatic N) is 1. The summed E-state index contributed by atoms with van der Waals surface area (Å²) in [7, 11) is 4.86. The fourth-order valence-corrected chi connectivity index (χ4v) is 1.25. The van der Waals surface area contributed by atoms with Crippen molar-refractivity contribution in [2.24, 2.45) is 11.7 Å². The quantitative estimate of drug-likeness (QED) is 0.812. The van der Waals surface area contributed by atoms with Crippen LogP contribution in [-0.4, -0.2) is 19.1 Å². The Kier molecular flexibility index (Phi) is 4.55. The third kappa shape index (κ3) is 3.77. The number of ether oxygens (including phenoxy) is 1. The monoisotopic (exact) mass is 234 g/mol. The first-order chi connectivity index (χ1) is 7.91. The van der Waals surface area contributed by atoms with E-state index in [-0.39, 0.29) is 5.75 Å². The third-order valence-electron chi connectivity index (χ3n) is 2.55. The fraction of sp³-hybridized carbons (Fsp3) is 0.417. The maximum absolute atomic E-state index is 12.4. The molecule has 3 nitrogen and oxygen atoms in total. The van der Waals surface area contributed by atoms with Crippen molar-refractivity contribution in [1.82, 2.24) is 4.98 Å². The highest BCUT2D eigenvalue weighted by molar-refractivity contribution is 6.10. The molecule has 90 valence electrons. The molecule has 0 saturated carbocycles. The molecule has 0 aliphatic carbocycles. The first-order valence-corrected chi connectivity index (χ1v) is 5.40. The lowest BCUT2D eigenvalue weighted by Gasteiger charge is -2.11. The molecule has 0 aliphatic rings. The summed E-state index contributed by atoms with van der Waals surface area (Å²) in [5.41, 5.74) is 8.32. The molecule has 1 aromatic rings. The zero-order valence-electron chi connectivity index (χ0n) is 10.3. The van der Waals surface area contributed by atoms with Crippen molar-refractivity contribution in [2.45, 2.75) is 27.0 Å². The summed E-state index contributed by atoms with van der Waals surface area (Å²) in [5.74, 6) is 0.630. The van der Waals surface area contributed by atoms with E-state index in [1.165, 1.54) is 6.20 Å². The molecule has 1 aromatic heterocycles. The molecular formula is C12H16BFN2O. The van der Waals surface area contributed by atoms with Crippen molar-refractivity contribution in [3.05, 3.63) is 29.6 Å². The van der Waals surface area contributed by atoms with Crippen LogP contribution in [0, 0.1) is 5.92 Å². The minimum atomic E-state index is -1.84. The van der Waals surface area contributed by atoms with Gasteiger partial charge >= 0.3 is 0 Å². The van der Waals surface area contributed by atoms with Crippen LogP contribution in [-0.2, 0) is 0 Å². The number of hydrogen-bond donors (Lipinski definition) is 1. The Morgan fingerprint density at radius 1 is 1.47 bits per heavy atom. The van der Waals surface area contributed by atoms with E-state index in [0.29, 0.717) is 17.3 Å². The normalized spacial score (nSPS) is 14.4. The lowest BCUT2D eigenvalue weighted by molar-refractivity contribution is 0.145. The Labute approximate surface area is 102 Å². The van der Waals surface area contributed by atoms with Gasteiger partial charge in [-0.1, -0.05) is 13.8 Å². The predicted molar refractivity (Wildman–Crippen MR) is 67.1 cm³/mol. The number of allylic oxidation sites excluding steroid dienone is 1. The summed E-state index contributed by atoms with van der Waals surface area (Å²) in [5, 5.41) is 0. The molecule has 0 fully saturated rings. The molecule has 1 atom stereocenters. The van der Waals surface area contributed by atoms with E-state index in [0.717, 1.165) is 5.57 Å². The maximum Gasteiger partial charge on any atom is 0.188 e. The molecule has 1 rings (SSSR count). The average molecular weight is 234 g/mol. The summed E-state index contributed by atoms with van der Waals surface area (Å²) in [6, 6.07) is 3.27. The summed E-state index contributed by atoms with van der Waals surface area (Å²) < 4.78 is 17.0. The SMILES string of the molecule is [B]C(F)Oc1ccc(/C(N)=C(/C)C(C)C)nc1. The van der Waals surface area contributed by atoms with Gasteiger partial charge in [-0.15, -0.1) is 0 Å². The van der Waals surface area contributed by atoms with Gasteiger partial charge in [0.25, 0.3) is 0 Å². The number of alkyl halides is 1. The molecule has 1 unspecified atom stereocenters. The van der Waals surface area contributed by atoms with Gasteiger partial charge in [-0.05, 0) is 30.5 Å². The van der Waals surface area contributed by atoms with Gasteiger partial charge in [0.05, 0.1) is 17.6 Å². The molecule has 2 radical (unpaired) electrons. The van der Waals surface area contributed by atoms with Gasteiger partial charge in [-0.2, -0.15) is 0 Å². The van der Waals surface area contributed by atoms with E-state index < -0.39 is 6.26 Å². The summed E-state index contributed by atoms with van der Waals surface area (Å²) >= 11 is 0. The van der Waals surface area contributed by atoms with Crippen molar-refractivity contribution in [3.8, 4) is 5.75 Å². The van der Waals surface area contributed by atoms with Gasteiger partial charge in [-0.3, -0.25) is 4.98 Å². The van der Waals surface area contributed by atoms with Gasteiger partial charge in [0, 0.05) is 0 Å². The van der Waals surface area contributed by atoms with Crippen LogP contribution in [0.3, 0.4) is 0 Å². The number of rotatable bonds is 4. The van der Waals surface area contributed by atoms with E-state index in [1.54, 1.807) is 12.1 Å². The van der Waals surface area contributed by atoms with Crippen LogP contribution in [0.2, 0.25) is 0 Å². The Bertz CT molecular complexity index is 401. The maximum atomic E-state index is 12.4. The molecule has 0 amide bonds. The highest BCUT2D eigenvalue weighted by Crippen LogP contribution is 2.19. The van der Waals surface area contributed by atoms with Crippen molar-refractivity contribution in [3.63, 3.8) is 0 Å². The minimum Gasteiger partial charge on any atom is -0.468 e. The zero-order valence-corrected chi connectivity index (χ0v) is 10.3. The molecule has 5 heteroatoms. The standard InChI is InChI=1S/C12H16BFN2O/c1-7(2)8(3)11(15)10-5-4-9(6-16-10)17-12(13)14/h4-7,12H,15H2,1-3H3/b11-8+. The molecule has 0 aromatic carbocycles. The van der Waals surface area contributed by atoms with Gasteiger partial charge < -0.3 is 10.5 Å². The fourth-order valence-electron chi connectivity index (χ4n) is 1.25. The van der Waals surface area contributed by atoms with E-state index in [2.05, 4.69) is 23.6 Å². The highest BCUT2D eigenvalue weighted by atomic mass is 19.1. The summed E-state index contributed by atoms with van der Waals surface area (Å²) in [4.78, 5) is 4.11. The molecule has 0 spiro atoms. The van der Waals surface area contributed by atoms with Crippen LogP contribution in [0.25, 0.3) is 5.70 Å². The van der Waals surface area contributed by atoms with Gasteiger partial charge in [-0.25, -0.2) is 4.39 Å². The second-order valence-corrected chi connectivity index (χ2v) is 4.10. The number of aromatic nitrogens is 1. The summed E-state index contributed by atoms with van der Waals surface area (Å²) in [6.45, 7) is 6.08. The molecule has 2 N–H and O–H groups in total. The van der Waals surface area contributed by atoms with Crippen LogP contribution >= 0.6 is 0 Å². The second kappa shape index (κ2) is 5.71. The average Bonchev–Trinajstić information content (AvgIpc) is 2.27. The van der Waals surface area contributed by atoms with Crippen LogP contribution < -0.4 is 10.5 Å². The molecule has 0 saturated heterocycles. The van der Waals surface area contributed by atoms with Crippen LogP contribution in [0.5, 0.6) is 5.75 Å². The van der Waals surface area contributed by atoms with Gasteiger partial charge in [0.1, 0.15) is 5.75 Å². The number of nitrogens with two attached hydrogens (primary N) is 1. The minimum absolute atomic E-state index is 0.277. The lowest BCUT2D eigenvalue weighted by Crippen LogP contribution is -2.10. The molecule has 0 aliphatic heterocycles. The molecule has 0 bridgehead atoms. The molecule has 1 heterocycles.